The quantitative estimate of drug-likeness (QED) is 0.569. The summed E-state index contributed by atoms with van der Waals surface area (Å²) < 4.78 is 1.03. The summed E-state index contributed by atoms with van der Waals surface area (Å²) in [5, 5.41) is 3.83. The summed E-state index contributed by atoms with van der Waals surface area (Å²) in [4.78, 5) is 21.2. The van der Waals surface area contributed by atoms with Gasteiger partial charge in [0.15, 0.2) is 5.16 Å². The smallest absolute Gasteiger partial charge is 0.220 e. The molecule has 1 aromatic heterocycles. The van der Waals surface area contributed by atoms with Crippen LogP contribution in [-0.4, -0.2) is 22.1 Å². The highest BCUT2D eigenvalue weighted by Gasteiger charge is 2.13. The third-order valence-electron chi connectivity index (χ3n) is 3.93. The number of halogens is 1. The average Bonchev–Trinajstić information content (AvgIpc) is 2.54. The van der Waals surface area contributed by atoms with Crippen LogP contribution in [0.25, 0.3) is 0 Å². The van der Waals surface area contributed by atoms with Crippen molar-refractivity contribution in [1.29, 1.82) is 0 Å². The second-order valence-electron chi connectivity index (χ2n) is 5.70. The molecule has 0 aliphatic carbocycles. The second-order valence-corrected chi connectivity index (χ2v) is 7.39. The zero-order valence-electron chi connectivity index (χ0n) is 14.4. The van der Waals surface area contributed by atoms with Crippen molar-refractivity contribution in [1.82, 2.24) is 15.3 Å². The van der Waals surface area contributed by atoms with Crippen molar-refractivity contribution in [3.8, 4) is 0 Å². The van der Waals surface area contributed by atoms with Gasteiger partial charge in [-0.3, -0.25) is 4.79 Å². The summed E-state index contributed by atoms with van der Waals surface area (Å²) in [6.07, 6.45) is 3.06. The molecule has 1 atom stereocenters. The SMILES string of the molecule is CSc1nc(C)c(CCC(=O)N[C@H](C)c2ccc(Br)cc2)c(C)n1. The van der Waals surface area contributed by atoms with Gasteiger partial charge in [-0.25, -0.2) is 9.97 Å². The Morgan fingerprint density at radius 3 is 2.33 bits per heavy atom. The number of carbonyl (C=O) groups is 1. The molecule has 1 amide bonds. The molecule has 0 unspecified atom stereocenters. The first kappa shape index (κ1) is 18.9. The lowest BCUT2D eigenvalue weighted by Crippen LogP contribution is -2.27. The van der Waals surface area contributed by atoms with Gasteiger partial charge in [0.05, 0.1) is 6.04 Å². The van der Waals surface area contributed by atoms with Gasteiger partial charge in [0.25, 0.3) is 0 Å². The first-order valence-corrected chi connectivity index (χ1v) is 9.85. The number of thioether (sulfide) groups is 1. The van der Waals surface area contributed by atoms with E-state index in [2.05, 4.69) is 31.2 Å². The molecule has 0 radical (unpaired) electrons. The fourth-order valence-electron chi connectivity index (χ4n) is 2.55. The lowest BCUT2D eigenvalue weighted by atomic mass is 10.1. The number of carbonyl (C=O) groups excluding carboxylic acids is 1. The van der Waals surface area contributed by atoms with E-state index in [4.69, 9.17) is 0 Å². The maximum absolute atomic E-state index is 12.2. The summed E-state index contributed by atoms with van der Waals surface area (Å²) in [5.74, 6) is 0.0400. The number of aryl methyl sites for hydroxylation is 2. The predicted octanol–water partition coefficient (Wildman–Crippen LogP) is 4.39. The maximum Gasteiger partial charge on any atom is 0.220 e. The molecule has 1 heterocycles. The molecular formula is C18H22BrN3OS. The van der Waals surface area contributed by atoms with Crippen molar-refractivity contribution < 1.29 is 4.79 Å². The van der Waals surface area contributed by atoms with E-state index in [-0.39, 0.29) is 11.9 Å². The monoisotopic (exact) mass is 407 g/mol. The molecule has 1 N–H and O–H groups in total. The van der Waals surface area contributed by atoms with Gasteiger partial charge < -0.3 is 5.32 Å². The van der Waals surface area contributed by atoms with Crippen LogP contribution in [0.1, 0.15) is 41.9 Å². The Labute approximate surface area is 156 Å². The van der Waals surface area contributed by atoms with E-state index in [1.165, 1.54) is 11.8 Å². The molecule has 4 nitrogen and oxygen atoms in total. The van der Waals surface area contributed by atoms with E-state index in [0.29, 0.717) is 12.8 Å². The Morgan fingerprint density at radius 2 is 1.79 bits per heavy atom. The van der Waals surface area contributed by atoms with Crippen molar-refractivity contribution in [2.45, 2.75) is 44.8 Å². The van der Waals surface area contributed by atoms with Gasteiger partial charge in [-0.05, 0) is 56.7 Å². The van der Waals surface area contributed by atoms with Gasteiger partial charge in [0.1, 0.15) is 0 Å². The molecular weight excluding hydrogens is 386 g/mol. The molecule has 2 aromatic rings. The molecule has 0 saturated heterocycles. The van der Waals surface area contributed by atoms with Crippen molar-refractivity contribution in [2.75, 3.05) is 6.26 Å². The number of amides is 1. The minimum absolute atomic E-state index is 0.0112. The summed E-state index contributed by atoms with van der Waals surface area (Å²) in [6.45, 7) is 5.95. The number of hydrogen-bond acceptors (Lipinski definition) is 4. The standard InChI is InChI=1S/C18H22BrN3OS/c1-11(14-5-7-15(19)8-6-14)20-17(23)10-9-16-12(2)21-18(24-4)22-13(16)3/h5-8,11H,9-10H2,1-4H3,(H,20,23)/t11-/m1/s1. The summed E-state index contributed by atoms with van der Waals surface area (Å²) >= 11 is 4.95. The number of nitrogens with one attached hydrogen (secondary N) is 1. The molecule has 0 aliphatic heterocycles. The Kier molecular flexibility index (Phi) is 6.80. The number of aromatic nitrogens is 2. The number of hydrogen-bond donors (Lipinski definition) is 1. The van der Waals surface area contributed by atoms with Gasteiger partial charge in [-0.2, -0.15) is 0 Å². The number of nitrogens with zero attached hydrogens (tertiary/aromatic N) is 2. The summed E-state index contributed by atoms with van der Waals surface area (Å²) in [6, 6.07) is 7.98. The van der Waals surface area contributed by atoms with Crippen LogP contribution in [0.2, 0.25) is 0 Å². The van der Waals surface area contributed by atoms with Crippen molar-refractivity contribution >= 4 is 33.6 Å². The fourth-order valence-corrected chi connectivity index (χ4v) is 3.27. The Bertz CT molecular complexity index is 696. The first-order chi connectivity index (χ1) is 11.4. The van der Waals surface area contributed by atoms with E-state index in [1.807, 2.05) is 51.3 Å². The molecule has 128 valence electrons. The lowest BCUT2D eigenvalue weighted by molar-refractivity contribution is -0.121. The zero-order valence-corrected chi connectivity index (χ0v) is 16.8. The second kappa shape index (κ2) is 8.62. The van der Waals surface area contributed by atoms with Crippen molar-refractivity contribution in [2.24, 2.45) is 0 Å². The van der Waals surface area contributed by atoms with Gasteiger partial charge in [0, 0.05) is 22.3 Å². The van der Waals surface area contributed by atoms with E-state index < -0.39 is 0 Å². The third kappa shape index (κ3) is 5.05. The van der Waals surface area contributed by atoms with Crippen LogP contribution < -0.4 is 5.32 Å². The van der Waals surface area contributed by atoms with Gasteiger partial charge in [0.2, 0.25) is 5.91 Å². The minimum Gasteiger partial charge on any atom is -0.350 e. The first-order valence-electron chi connectivity index (χ1n) is 7.83. The van der Waals surface area contributed by atoms with Crippen LogP contribution in [0.15, 0.2) is 33.9 Å². The van der Waals surface area contributed by atoms with Crippen LogP contribution >= 0.6 is 27.7 Å². The molecule has 0 fully saturated rings. The minimum atomic E-state index is -0.0112. The normalized spacial score (nSPS) is 12.0. The fraction of sp³-hybridized carbons (Fsp3) is 0.389. The van der Waals surface area contributed by atoms with E-state index in [0.717, 1.165) is 32.1 Å². The molecule has 24 heavy (non-hydrogen) atoms. The molecule has 0 saturated carbocycles. The third-order valence-corrected chi connectivity index (χ3v) is 5.01. The van der Waals surface area contributed by atoms with Gasteiger partial charge >= 0.3 is 0 Å². The highest BCUT2D eigenvalue weighted by molar-refractivity contribution is 9.10. The Hall–Kier alpha value is -1.40. The molecule has 0 spiro atoms. The summed E-state index contributed by atoms with van der Waals surface area (Å²) in [5.41, 5.74) is 4.08. The van der Waals surface area contributed by atoms with E-state index >= 15 is 0 Å². The number of rotatable bonds is 6. The van der Waals surface area contributed by atoms with Crippen LogP contribution in [0.5, 0.6) is 0 Å². The van der Waals surface area contributed by atoms with Crippen LogP contribution in [0.3, 0.4) is 0 Å². The Morgan fingerprint density at radius 1 is 1.21 bits per heavy atom. The van der Waals surface area contributed by atoms with Gasteiger partial charge in [-0.1, -0.05) is 39.8 Å². The lowest BCUT2D eigenvalue weighted by Gasteiger charge is -2.15. The molecule has 0 bridgehead atoms. The molecule has 6 heteroatoms. The maximum atomic E-state index is 12.2. The molecule has 2 rings (SSSR count). The number of benzene rings is 1. The van der Waals surface area contributed by atoms with E-state index in [1.54, 1.807) is 0 Å². The topological polar surface area (TPSA) is 54.9 Å². The van der Waals surface area contributed by atoms with E-state index in [9.17, 15) is 4.79 Å². The van der Waals surface area contributed by atoms with Crippen LogP contribution in [-0.2, 0) is 11.2 Å². The van der Waals surface area contributed by atoms with Gasteiger partial charge in [-0.15, -0.1) is 0 Å². The Balaban J connectivity index is 1.95. The molecule has 1 aromatic carbocycles. The van der Waals surface area contributed by atoms with Crippen molar-refractivity contribution in [3.63, 3.8) is 0 Å². The highest BCUT2D eigenvalue weighted by Crippen LogP contribution is 2.19. The van der Waals surface area contributed by atoms with Crippen molar-refractivity contribution in [3.05, 3.63) is 51.3 Å². The highest BCUT2D eigenvalue weighted by atomic mass is 79.9. The van der Waals surface area contributed by atoms with Crippen LogP contribution in [0.4, 0.5) is 0 Å². The molecule has 0 aliphatic rings. The largest absolute Gasteiger partial charge is 0.350 e. The predicted molar refractivity (Wildman–Crippen MR) is 102 cm³/mol. The zero-order chi connectivity index (χ0) is 17.7. The van der Waals surface area contributed by atoms with Crippen LogP contribution in [0, 0.1) is 13.8 Å². The average molecular weight is 408 g/mol. The summed E-state index contributed by atoms with van der Waals surface area (Å²) in [7, 11) is 0.